The number of aromatic nitrogens is 1. The third-order valence-electron chi connectivity index (χ3n) is 4.91. The smallest absolute Gasteiger partial charge is 0.330 e. The van der Waals surface area contributed by atoms with Gasteiger partial charge in [-0.05, 0) is 43.2 Å². The van der Waals surface area contributed by atoms with Crippen LogP contribution in [0.15, 0.2) is 66.7 Å². The maximum absolute atomic E-state index is 12.3. The summed E-state index contributed by atoms with van der Waals surface area (Å²) in [4.78, 5) is 42.2. The summed E-state index contributed by atoms with van der Waals surface area (Å²) in [6.07, 6.45) is 4.09. The Balaban J connectivity index is 1.21. The number of rotatable bonds is 7. The lowest BCUT2D eigenvalue weighted by molar-refractivity contribution is -0.137. The van der Waals surface area contributed by atoms with E-state index >= 15 is 0 Å². The molecule has 6 heteroatoms. The lowest BCUT2D eigenvalue weighted by Gasteiger charge is -2.13. The Kier molecular flexibility index (Phi) is 5.66. The first-order valence-electron chi connectivity index (χ1n) is 9.79. The van der Waals surface area contributed by atoms with Crippen molar-refractivity contribution in [2.45, 2.75) is 12.8 Å². The Labute approximate surface area is 173 Å². The van der Waals surface area contributed by atoms with E-state index in [0.717, 1.165) is 10.9 Å². The van der Waals surface area contributed by atoms with Crippen molar-refractivity contribution >= 4 is 34.8 Å². The Bertz CT molecular complexity index is 1120. The molecule has 1 aliphatic rings. The number of carbonyl (C=O) groups is 3. The van der Waals surface area contributed by atoms with Crippen LogP contribution in [-0.2, 0) is 9.53 Å². The largest absolute Gasteiger partial charge is 0.463 e. The van der Waals surface area contributed by atoms with Gasteiger partial charge in [-0.1, -0.05) is 36.4 Å². The number of nitrogens with zero attached hydrogens (tertiary/aromatic N) is 2. The number of benzene rings is 2. The van der Waals surface area contributed by atoms with E-state index in [-0.39, 0.29) is 18.4 Å². The summed E-state index contributed by atoms with van der Waals surface area (Å²) in [6.45, 7) is 0.526. The highest BCUT2D eigenvalue weighted by Crippen LogP contribution is 2.22. The number of pyridine rings is 1. The van der Waals surface area contributed by atoms with Gasteiger partial charge < -0.3 is 4.74 Å². The summed E-state index contributed by atoms with van der Waals surface area (Å²) in [6, 6.07) is 18.4. The fourth-order valence-electron chi connectivity index (χ4n) is 3.36. The molecule has 0 saturated heterocycles. The second kappa shape index (κ2) is 8.69. The first-order chi connectivity index (χ1) is 14.6. The minimum Gasteiger partial charge on any atom is -0.463 e. The minimum atomic E-state index is -0.453. The van der Waals surface area contributed by atoms with Gasteiger partial charge >= 0.3 is 5.97 Å². The molecule has 1 aromatic heterocycles. The fraction of sp³-hybridized carbons (Fsp3) is 0.167. The summed E-state index contributed by atoms with van der Waals surface area (Å²) in [5.41, 5.74) is 2.43. The van der Waals surface area contributed by atoms with Crippen molar-refractivity contribution < 1.29 is 19.1 Å². The van der Waals surface area contributed by atoms with Crippen LogP contribution in [0.2, 0.25) is 0 Å². The standard InChI is InChI=1S/C24H20N2O4/c27-22(14-13-18-12-11-17-7-1-4-10-21(17)25-18)30-16-6-5-15-26-23(28)19-8-2-3-9-20(19)24(26)29/h1-4,7-14H,5-6,15-16H2/b14-13+. The van der Waals surface area contributed by atoms with Crippen LogP contribution in [0.25, 0.3) is 17.0 Å². The van der Waals surface area contributed by atoms with Crippen molar-refractivity contribution in [2.24, 2.45) is 0 Å². The van der Waals surface area contributed by atoms with Crippen LogP contribution in [0.3, 0.4) is 0 Å². The number of para-hydroxylation sites is 1. The average molecular weight is 400 g/mol. The zero-order valence-electron chi connectivity index (χ0n) is 16.3. The molecule has 3 aromatic rings. The highest BCUT2D eigenvalue weighted by atomic mass is 16.5. The van der Waals surface area contributed by atoms with Gasteiger partial charge in [0.25, 0.3) is 11.8 Å². The van der Waals surface area contributed by atoms with Crippen molar-refractivity contribution in [3.05, 3.63) is 83.6 Å². The third-order valence-corrected chi connectivity index (χ3v) is 4.91. The van der Waals surface area contributed by atoms with Gasteiger partial charge in [0.05, 0.1) is 28.9 Å². The Morgan fingerprint density at radius 1 is 0.900 bits per heavy atom. The second-order valence-electron chi connectivity index (χ2n) is 6.94. The quantitative estimate of drug-likeness (QED) is 0.260. The predicted molar refractivity (Wildman–Crippen MR) is 113 cm³/mol. The van der Waals surface area contributed by atoms with E-state index in [0.29, 0.717) is 36.2 Å². The molecule has 0 atom stereocenters. The number of esters is 1. The van der Waals surface area contributed by atoms with Crippen molar-refractivity contribution in [1.29, 1.82) is 0 Å². The van der Waals surface area contributed by atoms with E-state index in [9.17, 15) is 14.4 Å². The molecule has 0 aliphatic carbocycles. The fourth-order valence-corrected chi connectivity index (χ4v) is 3.36. The zero-order chi connectivity index (χ0) is 20.9. The molecular weight excluding hydrogens is 380 g/mol. The SMILES string of the molecule is O=C(/C=C/c1ccc2ccccc2n1)OCCCCN1C(=O)c2ccccc2C1=O. The number of fused-ring (bicyclic) bond motifs is 2. The first-order valence-corrected chi connectivity index (χ1v) is 9.79. The Morgan fingerprint density at radius 3 is 2.37 bits per heavy atom. The van der Waals surface area contributed by atoms with Crippen LogP contribution >= 0.6 is 0 Å². The number of ether oxygens (including phenoxy) is 1. The normalized spacial score (nSPS) is 13.3. The van der Waals surface area contributed by atoms with Gasteiger partial charge in [0, 0.05) is 18.0 Å². The average Bonchev–Trinajstić information content (AvgIpc) is 3.02. The van der Waals surface area contributed by atoms with E-state index in [4.69, 9.17) is 4.74 Å². The van der Waals surface area contributed by atoms with Gasteiger partial charge in [-0.15, -0.1) is 0 Å². The van der Waals surface area contributed by atoms with Crippen LogP contribution in [0.4, 0.5) is 0 Å². The van der Waals surface area contributed by atoms with E-state index in [2.05, 4.69) is 4.98 Å². The molecule has 6 nitrogen and oxygen atoms in total. The Hall–Kier alpha value is -3.80. The van der Waals surface area contributed by atoms with Crippen LogP contribution in [0.1, 0.15) is 39.3 Å². The highest BCUT2D eigenvalue weighted by Gasteiger charge is 2.34. The molecule has 2 aromatic carbocycles. The van der Waals surface area contributed by atoms with E-state index in [1.807, 2.05) is 36.4 Å². The molecule has 0 unspecified atom stereocenters. The zero-order valence-corrected chi connectivity index (χ0v) is 16.3. The first kappa shape index (κ1) is 19.5. The predicted octanol–water partition coefficient (Wildman–Crippen LogP) is 3.87. The van der Waals surface area contributed by atoms with Gasteiger partial charge in [0.2, 0.25) is 0 Å². The number of amides is 2. The van der Waals surface area contributed by atoms with Crippen LogP contribution in [-0.4, -0.2) is 40.8 Å². The maximum atomic E-state index is 12.3. The van der Waals surface area contributed by atoms with E-state index < -0.39 is 5.97 Å². The number of imide groups is 1. The molecule has 0 saturated carbocycles. The van der Waals surface area contributed by atoms with Gasteiger partial charge in [0.15, 0.2) is 0 Å². The van der Waals surface area contributed by atoms with Crippen molar-refractivity contribution in [2.75, 3.05) is 13.2 Å². The number of unbranched alkanes of at least 4 members (excludes halogenated alkanes) is 1. The molecule has 150 valence electrons. The van der Waals surface area contributed by atoms with Crippen molar-refractivity contribution in [1.82, 2.24) is 9.88 Å². The summed E-state index contributed by atoms with van der Waals surface area (Å²) in [5.74, 6) is -0.984. The molecule has 2 heterocycles. The van der Waals surface area contributed by atoms with Gasteiger partial charge in [-0.3, -0.25) is 14.5 Å². The molecule has 0 bridgehead atoms. The number of hydrogen-bond donors (Lipinski definition) is 0. The lowest BCUT2D eigenvalue weighted by atomic mass is 10.1. The summed E-state index contributed by atoms with van der Waals surface area (Å²) in [5, 5.41) is 1.04. The van der Waals surface area contributed by atoms with Crippen LogP contribution in [0.5, 0.6) is 0 Å². The molecule has 0 N–H and O–H groups in total. The Morgan fingerprint density at radius 2 is 1.60 bits per heavy atom. The van der Waals surface area contributed by atoms with Gasteiger partial charge in [0.1, 0.15) is 0 Å². The third kappa shape index (κ3) is 4.12. The molecule has 30 heavy (non-hydrogen) atoms. The van der Waals surface area contributed by atoms with Gasteiger partial charge in [-0.25, -0.2) is 9.78 Å². The highest BCUT2D eigenvalue weighted by molar-refractivity contribution is 6.21. The monoisotopic (exact) mass is 400 g/mol. The molecule has 0 fully saturated rings. The van der Waals surface area contributed by atoms with Crippen LogP contribution in [0, 0.1) is 0 Å². The second-order valence-corrected chi connectivity index (χ2v) is 6.94. The molecular formula is C24H20N2O4. The molecule has 4 rings (SSSR count). The molecule has 0 radical (unpaired) electrons. The maximum Gasteiger partial charge on any atom is 0.330 e. The lowest BCUT2D eigenvalue weighted by Crippen LogP contribution is -2.30. The molecule has 0 spiro atoms. The molecule has 1 aliphatic heterocycles. The van der Waals surface area contributed by atoms with E-state index in [1.165, 1.54) is 11.0 Å². The minimum absolute atomic E-state index is 0.220. The molecule has 2 amide bonds. The van der Waals surface area contributed by atoms with Crippen molar-refractivity contribution in [3.63, 3.8) is 0 Å². The summed E-state index contributed by atoms with van der Waals surface area (Å²) >= 11 is 0. The van der Waals surface area contributed by atoms with Crippen molar-refractivity contribution in [3.8, 4) is 0 Å². The topological polar surface area (TPSA) is 76.6 Å². The van der Waals surface area contributed by atoms with Gasteiger partial charge in [-0.2, -0.15) is 0 Å². The van der Waals surface area contributed by atoms with E-state index in [1.54, 1.807) is 30.3 Å². The van der Waals surface area contributed by atoms with Crippen LogP contribution < -0.4 is 0 Å². The summed E-state index contributed by atoms with van der Waals surface area (Å²) < 4.78 is 5.19. The number of carbonyl (C=O) groups excluding carboxylic acids is 3. The summed E-state index contributed by atoms with van der Waals surface area (Å²) in [7, 11) is 0. The number of hydrogen-bond acceptors (Lipinski definition) is 5.